The molecule has 1 atom stereocenters. The van der Waals surface area contributed by atoms with Gasteiger partial charge in [0.1, 0.15) is 0 Å². The fraction of sp³-hybridized carbons (Fsp3) is 1.00. The van der Waals surface area contributed by atoms with Crippen molar-refractivity contribution in [1.29, 1.82) is 0 Å². The van der Waals surface area contributed by atoms with Gasteiger partial charge < -0.3 is 4.90 Å². The molecule has 14 heavy (non-hydrogen) atoms. The number of nitrogens with zero attached hydrogens (tertiary/aromatic N) is 1. The number of hydrogen-bond acceptors (Lipinski definition) is 1. The fourth-order valence-corrected chi connectivity index (χ4v) is 3.09. The van der Waals surface area contributed by atoms with Crippen molar-refractivity contribution in [2.45, 2.75) is 51.0 Å². The summed E-state index contributed by atoms with van der Waals surface area (Å²) >= 11 is 3.58. The van der Waals surface area contributed by atoms with Crippen LogP contribution in [0.3, 0.4) is 0 Å². The van der Waals surface area contributed by atoms with Crippen LogP contribution in [0.15, 0.2) is 0 Å². The first kappa shape index (κ1) is 10.9. The first-order valence-corrected chi connectivity index (χ1v) is 7.32. The van der Waals surface area contributed by atoms with Crippen LogP contribution in [0, 0.1) is 5.92 Å². The van der Waals surface area contributed by atoms with E-state index in [9.17, 15) is 0 Å². The first-order valence-electron chi connectivity index (χ1n) is 6.20. The summed E-state index contributed by atoms with van der Waals surface area (Å²) in [5.41, 5.74) is 0. The molecule has 1 nitrogen and oxygen atoms in total. The molecule has 2 rings (SSSR count). The Labute approximate surface area is 96.4 Å². The normalized spacial score (nSPS) is 29.4. The highest BCUT2D eigenvalue weighted by Crippen LogP contribution is 2.33. The average molecular weight is 260 g/mol. The van der Waals surface area contributed by atoms with Crippen LogP contribution in [0.25, 0.3) is 0 Å². The number of hydrogen-bond donors (Lipinski definition) is 0. The van der Waals surface area contributed by atoms with Crippen molar-refractivity contribution >= 4 is 15.9 Å². The maximum atomic E-state index is 3.58. The third-order valence-corrected chi connectivity index (χ3v) is 4.17. The van der Waals surface area contributed by atoms with E-state index in [1.807, 2.05) is 0 Å². The number of halogens is 1. The van der Waals surface area contributed by atoms with E-state index < -0.39 is 0 Å². The van der Waals surface area contributed by atoms with E-state index in [4.69, 9.17) is 0 Å². The Balaban J connectivity index is 1.72. The van der Waals surface area contributed by atoms with E-state index in [2.05, 4.69) is 20.8 Å². The van der Waals surface area contributed by atoms with Gasteiger partial charge in [-0.15, -0.1) is 0 Å². The molecule has 0 aromatic rings. The predicted octanol–water partition coefficient (Wildman–Crippen LogP) is 3.43. The molecule has 0 N–H and O–H groups in total. The smallest absolute Gasteiger partial charge is 0.0103 e. The molecule has 1 saturated heterocycles. The largest absolute Gasteiger partial charge is 0.300 e. The Hall–Kier alpha value is 0.440. The van der Waals surface area contributed by atoms with Crippen molar-refractivity contribution < 1.29 is 0 Å². The average Bonchev–Trinajstić information content (AvgIpc) is 3.01. The Morgan fingerprint density at radius 1 is 1.07 bits per heavy atom. The summed E-state index contributed by atoms with van der Waals surface area (Å²) in [5, 5.41) is 1.18. The van der Waals surface area contributed by atoms with Gasteiger partial charge in [-0.05, 0) is 44.7 Å². The van der Waals surface area contributed by atoms with Gasteiger partial charge in [0.05, 0.1) is 0 Å². The maximum absolute atomic E-state index is 3.58. The fourth-order valence-electron chi connectivity index (χ4n) is 2.56. The van der Waals surface area contributed by atoms with Crippen molar-refractivity contribution in [3.05, 3.63) is 0 Å². The zero-order chi connectivity index (χ0) is 9.80. The van der Waals surface area contributed by atoms with Gasteiger partial charge in [-0.1, -0.05) is 35.2 Å². The van der Waals surface area contributed by atoms with E-state index >= 15 is 0 Å². The lowest BCUT2D eigenvalue weighted by Crippen LogP contribution is -2.40. The molecule has 1 saturated carbocycles. The van der Waals surface area contributed by atoms with Gasteiger partial charge in [-0.2, -0.15) is 0 Å². The van der Waals surface area contributed by atoms with E-state index in [1.54, 1.807) is 0 Å². The number of likely N-dealkylation sites (tertiary alicyclic amines) is 1. The molecule has 0 aromatic heterocycles. The molecule has 1 aliphatic carbocycles. The maximum Gasteiger partial charge on any atom is 0.0103 e. The molecule has 1 unspecified atom stereocenters. The van der Waals surface area contributed by atoms with Gasteiger partial charge in [0.25, 0.3) is 0 Å². The van der Waals surface area contributed by atoms with Crippen LogP contribution >= 0.6 is 15.9 Å². The molecular weight excluding hydrogens is 238 g/mol. The monoisotopic (exact) mass is 259 g/mol. The summed E-state index contributed by atoms with van der Waals surface area (Å²) in [5.74, 6) is 1.10. The van der Waals surface area contributed by atoms with Gasteiger partial charge in [0.2, 0.25) is 0 Å². The number of alkyl halides is 1. The number of rotatable bonds is 5. The summed E-state index contributed by atoms with van der Waals surface area (Å²) in [4.78, 5) is 2.75. The molecule has 2 fully saturated rings. The highest BCUT2D eigenvalue weighted by Gasteiger charge is 2.25. The third kappa shape index (κ3) is 3.23. The lowest BCUT2D eigenvalue weighted by Gasteiger charge is -2.35. The Morgan fingerprint density at radius 3 is 2.64 bits per heavy atom. The lowest BCUT2D eigenvalue weighted by atomic mass is 9.99. The van der Waals surface area contributed by atoms with E-state index in [0.717, 1.165) is 12.0 Å². The molecule has 0 radical (unpaired) electrons. The molecule has 2 aliphatic rings. The summed E-state index contributed by atoms with van der Waals surface area (Å²) < 4.78 is 0. The summed E-state index contributed by atoms with van der Waals surface area (Å²) in [6.07, 6.45) is 10.2. The molecule has 2 heteroatoms. The van der Waals surface area contributed by atoms with Crippen LogP contribution < -0.4 is 0 Å². The van der Waals surface area contributed by atoms with Crippen molar-refractivity contribution in [3.8, 4) is 0 Å². The van der Waals surface area contributed by atoms with E-state index in [1.165, 1.54) is 63.4 Å². The Kier molecular flexibility index (Phi) is 4.30. The zero-order valence-electron chi connectivity index (χ0n) is 9.05. The van der Waals surface area contributed by atoms with E-state index in [0.29, 0.717) is 0 Å². The minimum Gasteiger partial charge on any atom is -0.300 e. The molecule has 0 spiro atoms. The van der Waals surface area contributed by atoms with Gasteiger partial charge in [-0.25, -0.2) is 0 Å². The Bertz CT molecular complexity index is 166. The highest BCUT2D eigenvalue weighted by molar-refractivity contribution is 9.09. The molecule has 0 amide bonds. The van der Waals surface area contributed by atoms with Gasteiger partial charge >= 0.3 is 0 Å². The van der Waals surface area contributed by atoms with Crippen molar-refractivity contribution in [3.63, 3.8) is 0 Å². The second-order valence-corrected chi connectivity index (χ2v) is 5.69. The molecule has 82 valence electrons. The minimum absolute atomic E-state index is 0.891. The molecule has 1 heterocycles. The second-order valence-electron chi connectivity index (χ2n) is 4.90. The minimum atomic E-state index is 0.891. The van der Waals surface area contributed by atoms with Gasteiger partial charge in [0.15, 0.2) is 0 Å². The first-order chi connectivity index (χ1) is 6.90. The Morgan fingerprint density at radius 2 is 1.93 bits per heavy atom. The number of piperidine rings is 1. The SMILES string of the molecule is BrCCC1CCCCN1CCC1CC1. The van der Waals surface area contributed by atoms with Crippen LogP contribution in [0.2, 0.25) is 0 Å². The zero-order valence-corrected chi connectivity index (χ0v) is 10.6. The van der Waals surface area contributed by atoms with Crippen molar-refractivity contribution in [1.82, 2.24) is 4.90 Å². The highest BCUT2D eigenvalue weighted by atomic mass is 79.9. The molecular formula is C12H22BrN. The van der Waals surface area contributed by atoms with Crippen LogP contribution in [-0.4, -0.2) is 29.4 Å². The summed E-state index contributed by atoms with van der Waals surface area (Å²) in [7, 11) is 0. The summed E-state index contributed by atoms with van der Waals surface area (Å²) in [6.45, 7) is 2.74. The van der Waals surface area contributed by atoms with Crippen LogP contribution in [0.4, 0.5) is 0 Å². The topological polar surface area (TPSA) is 3.24 Å². The molecule has 0 bridgehead atoms. The lowest BCUT2D eigenvalue weighted by molar-refractivity contribution is 0.141. The van der Waals surface area contributed by atoms with Crippen molar-refractivity contribution in [2.24, 2.45) is 5.92 Å². The predicted molar refractivity (Wildman–Crippen MR) is 65.0 cm³/mol. The van der Waals surface area contributed by atoms with Crippen molar-refractivity contribution in [2.75, 3.05) is 18.4 Å². The van der Waals surface area contributed by atoms with Gasteiger partial charge in [0, 0.05) is 11.4 Å². The van der Waals surface area contributed by atoms with Gasteiger partial charge in [-0.3, -0.25) is 0 Å². The quantitative estimate of drug-likeness (QED) is 0.684. The van der Waals surface area contributed by atoms with E-state index in [-0.39, 0.29) is 0 Å². The second kappa shape index (κ2) is 5.50. The molecule has 1 aliphatic heterocycles. The third-order valence-electron chi connectivity index (χ3n) is 3.71. The van der Waals surface area contributed by atoms with Crippen LogP contribution in [0.5, 0.6) is 0 Å². The standard InChI is InChI=1S/C12H22BrN/c13-8-6-12-3-1-2-9-14(12)10-7-11-4-5-11/h11-12H,1-10H2. The van der Waals surface area contributed by atoms with Crippen LogP contribution in [-0.2, 0) is 0 Å². The van der Waals surface area contributed by atoms with Crippen LogP contribution in [0.1, 0.15) is 44.9 Å². The summed E-state index contributed by atoms with van der Waals surface area (Å²) in [6, 6.07) is 0.891. The molecule has 0 aromatic carbocycles.